The molecular formula is C36H49BrFN5O6. The third kappa shape index (κ3) is 11.5. The van der Waals surface area contributed by atoms with Crippen LogP contribution in [0.1, 0.15) is 78.3 Å². The van der Waals surface area contributed by atoms with E-state index in [0.29, 0.717) is 29.4 Å². The maximum absolute atomic E-state index is 14.3. The zero-order chi connectivity index (χ0) is 36.5. The van der Waals surface area contributed by atoms with E-state index in [1.165, 1.54) is 40.9 Å². The summed E-state index contributed by atoms with van der Waals surface area (Å²) < 4.78 is 21.4. The minimum absolute atomic E-state index is 0.0233. The Morgan fingerprint density at radius 3 is 2.47 bits per heavy atom. The first kappa shape index (κ1) is 39.4. The third-order valence-corrected chi connectivity index (χ3v) is 8.88. The highest BCUT2D eigenvalue weighted by Gasteiger charge is 2.36. The Labute approximate surface area is 296 Å². The second-order valence-corrected chi connectivity index (χ2v) is 14.7. The highest BCUT2D eigenvalue weighted by Crippen LogP contribution is 2.23. The van der Waals surface area contributed by atoms with E-state index in [4.69, 9.17) is 4.74 Å². The van der Waals surface area contributed by atoms with E-state index in [0.717, 1.165) is 6.42 Å². The van der Waals surface area contributed by atoms with Gasteiger partial charge >= 0.3 is 6.09 Å². The smallest absolute Gasteiger partial charge is 0.412 e. The molecule has 4 amide bonds. The number of nitrogens with one attached hydrogen (secondary N) is 2. The first-order chi connectivity index (χ1) is 23.0. The summed E-state index contributed by atoms with van der Waals surface area (Å²) >= 11 is 3.45. The molecule has 0 aliphatic carbocycles. The average molecular weight is 747 g/mol. The van der Waals surface area contributed by atoms with Crippen molar-refractivity contribution in [1.29, 1.82) is 0 Å². The monoisotopic (exact) mass is 745 g/mol. The molecule has 49 heavy (non-hydrogen) atoms. The van der Waals surface area contributed by atoms with Crippen LogP contribution in [-0.2, 0) is 25.5 Å². The first-order valence-electron chi connectivity index (χ1n) is 16.6. The van der Waals surface area contributed by atoms with Crippen LogP contribution in [0.15, 0.2) is 57.9 Å². The number of halogens is 2. The molecule has 0 spiro atoms. The molecule has 1 aliphatic rings. The summed E-state index contributed by atoms with van der Waals surface area (Å²) in [6.45, 7) is 9.39. The van der Waals surface area contributed by atoms with Gasteiger partial charge in [0.2, 0.25) is 17.7 Å². The molecule has 3 rings (SSSR count). The van der Waals surface area contributed by atoms with Gasteiger partial charge in [-0.2, -0.15) is 0 Å². The number of amides is 4. The van der Waals surface area contributed by atoms with E-state index < -0.39 is 53.0 Å². The van der Waals surface area contributed by atoms with Crippen LogP contribution in [0.3, 0.4) is 0 Å². The zero-order valence-corrected chi connectivity index (χ0v) is 31.0. The van der Waals surface area contributed by atoms with Crippen LogP contribution in [0.4, 0.5) is 14.9 Å². The summed E-state index contributed by atoms with van der Waals surface area (Å²) in [4.78, 5) is 71.2. The molecule has 1 aliphatic heterocycles. The molecule has 0 bridgehead atoms. The number of benzene rings is 1. The van der Waals surface area contributed by atoms with Crippen LogP contribution >= 0.6 is 15.9 Å². The van der Waals surface area contributed by atoms with Crippen molar-refractivity contribution in [3.05, 3.63) is 74.9 Å². The molecule has 1 aromatic carbocycles. The first-order valence-corrected chi connectivity index (χ1v) is 17.4. The number of hydrogen-bond donors (Lipinski definition) is 2. The predicted molar refractivity (Wildman–Crippen MR) is 191 cm³/mol. The van der Waals surface area contributed by atoms with Crippen LogP contribution in [0, 0.1) is 11.7 Å². The number of aromatic nitrogens is 1. The summed E-state index contributed by atoms with van der Waals surface area (Å²) in [6.07, 6.45) is 6.98. The van der Waals surface area contributed by atoms with Gasteiger partial charge in [0.1, 0.15) is 35.2 Å². The van der Waals surface area contributed by atoms with Crippen LogP contribution in [0.5, 0.6) is 0 Å². The predicted octanol–water partition coefficient (Wildman–Crippen LogP) is 5.83. The Balaban J connectivity index is 2.04. The fourth-order valence-electron chi connectivity index (χ4n) is 5.59. The van der Waals surface area contributed by atoms with Gasteiger partial charge in [0.25, 0.3) is 5.56 Å². The fraction of sp³-hybridized carbons (Fsp3) is 0.528. The number of likely N-dealkylation sites (N-methyl/N-ethyl adjacent to an activating group) is 2. The number of allylic oxidation sites excluding steroid dienone is 2. The van der Waals surface area contributed by atoms with Gasteiger partial charge < -0.3 is 24.4 Å². The number of nitrogens with zero attached hydrogens (tertiary/aromatic N) is 3. The minimum Gasteiger partial charge on any atom is -0.444 e. The third-order valence-electron chi connectivity index (χ3n) is 8.11. The van der Waals surface area contributed by atoms with Crippen molar-refractivity contribution >= 4 is 45.4 Å². The summed E-state index contributed by atoms with van der Waals surface area (Å²) in [5.74, 6) is -1.86. The Bertz CT molecular complexity index is 1590. The Hall–Kier alpha value is -4.00. The minimum atomic E-state index is -1.06. The van der Waals surface area contributed by atoms with E-state index in [1.54, 1.807) is 44.9 Å². The normalized spacial score (nSPS) is 21.0. The van der Waals surface area contributed by atoms with Crippen molar-refractivity contribution in [1.82, 2.24) is 19.7 Å². The van der Waals surface area contributed by atoms with Gasteiger partial charge in [-0.05, 0) is 94.7 Å². The van der Waals surface area contributed by atoms with E-state index in [1.807, 2.05) is 26.0 Å². The lowest BCUT2D eigenvalue weighted by Gasteiger charge is -2.34. The number of pyridine rings is 1. The van der Waals surface area contributed by atoms with Gasteiger partial charge in [0.05, 0.1) is 0 Å². The van der Waals surface area contributed by atoms with Crippen molar-refractivity contribution in [3.8, 4) is 0 Å². The molecule has 0 unspecified atom stereocenters. The molecule has 0 radical (unpaired) electrons. The quantitative estimate of drug-likeness (QED) is 0.358. The lowest BCUT2D eigenvalue weighted by atomic mass is 9.98. The number of carbonyl (C=O) groups excluding carboxylic acids is 4. The average Bonchev–Trinajstić information content (AvgIpc) is 3.01. The Kier molecular flexibility index (Phi) is 14.2. The Morgan fingerprint density at radius 1 is 1.08 bits per heavy atom. The van der Waals surface area contributed by atoms with Crippen molar-refractivity contribution in [2.24, 2.45) is 5.92 Å². The van der Waals surface area contributed by atoms with E-state index in [2.05, 4.69) is 26.6 Å². The SMILES string of the molecule is CC(C)C[C@@H]1NC(=O)[C@@H](n2cccc(NC(=O)OC(C)(C)C)c2=O)C/C=C\CCCCN(C)C(=O)[C@H](Cc2cc(F)ccc2Br)N(C)C1=O. The number of ether oxygens (including phenoxy) is 1. The van der Waals surface area contributed by atoms with Crippen LogP contribution in [0.2, 0.25) is 0 Å². The molecule has 0 saturated carbocycles. The molecule has 2 heterocycles. The number of carbonyl (C=O) groups is 4. The lowest BCUT2D eigenvalue weighted by molar-refractivity contribution is -0.146. The van der Waals surface area contributed by atoms with Gasteiger partial charge in [-0.25, -0.2) is 9.18 Å². The van der Waals surface area contributed by atoms with Crippen molar-refractivity contribution in [2.75, 3.05) is 26.0 Å². The maximum atomic E-state index is 14.3. The summed E-state index contributed by atoms with van der Waals surface area (Å²) in [5, 5.41) is 5.36. The molecule has 268 valence electrons. The number of rotatable bonds is 6. The second-order valence-electron chi connectivity index (χ2n) is 13.8. The highest BCUT2D eigenvalue weighted by molar-refractivity contribution is 9.10. The maximum Gasteiger partial charge on any atom is 0.412 e. The van der Waals surface area contributed by atoms with E-state index in [-0.39, 0.29) is 36.8 Å². The standard InChI is InChI=1S/C36H49BrFN5O6/c1-23(2)20-28-32(45)42(7)30(22-24-21-25(38)16-17-26(24)37)34(47)41(6)18-12-10-8-9-11-15-29(31(44)39-28)43-19-13-14-27(33(43)46)40-35(48)49-36(3,4)5/h9,11,13-14,16-17,19,21,23,28-30H,8,10,12,15,18,20,22H2,1-7H3,(H,39,44)(H,40,48)/b11-9-/t28-,29-,30-/m0/s1. The van der Waals surface area contributed by atoms with Crippen LogP contribution < -0.4 is 16.2 Å². The van der Waals surface area contributed by atoms with Crippen molar-refractivity contribution < 1.29 is 28.3 Å². The van der Waals surface area contributed by atoms with Crippen LogP contribution in [0.25, 0.3) is 0 Å². The molecule has 11 nitrogen and oxygen atoms in total. The largest absolute Gasteiger partial charge is 0.444 e. The van der Waals surface area contributed by atoms with Crippen LogP contribution in [-0.4, -0.2) is 76.5 Å². The Morgan fingerprint density at radius 2 is 1.80 bits per heavy atom. The van der Waals surface area contributed by atoms with Crippen molar-refractivity contribution in [3.63, 3.8) is 0 Å². The molecular weight excluding hydrogens is 697 g/mol. The number of hydrogen-bond acceptors (Lipinski definition) is 6. The van der Waals surface area contributed by atoms with E-state index >= 15 is 0 Å². The lowest BCUT2D eigenvalue weighted by Crippen LogP contribution is -2.56. The fourth-order valence-corrected chi connectivity index (χ4v) is 6.00. The van der Waals surface area contributed by atoms with Gasteiger partial charge in [-0.3, -0.25) is 24.5 Å². The van der Waals surface area contributed by atoms with Gasteiger partial charge in [-0.1, -0.05) is 41.9 Å². The van der Waals surface area contributed by atoms with Gasteiger partial charge in [0, 0.05) is 37.7 Å². The molecule has 13 heteroatoms. The molecule has 0 saturated heterocycles. The summed E-state index contributed by atoms with van der Waals surface area (Å²) in [7, 11) is 3.21. The summed E-state index contributed by atoms with van der Waals surface area (Å²) in [6, 6.07) is 4.10. The molecule has 1 aromatic heterocycles. The zero-order valence-electron chi connectivity index (χ0n) is 29.4. The molecule has 0 fully saturated rings. The summed E-state index contributed by atoms with van der Waals surface area (Å²) in [5.41, 5.74) is -0.947. The van der Waals surface area contributed by atoms with Gasteiger partial charge in [-0.15, -0.1) is 0 Å². The van der Waals surface area contributed by atoms with E-state index in [9.17, 15) is 28.4 Å². The topological polar surface area (TPSA) is 130 Å². The van der Waals surface area contributed by atoms with Gasteiger partial charge in [0.15, 0.2) is 0 Å². The number of anilines is 1. The second kappa shape index (κ2) is 17.6. The molecule has 3 atom stereocenters. The highest BCUT2D eigenvalue weighted by atomic mass is 79.9. The molecule has 2 aromatic rings. The van der Waals surface area contributed by atoms with Crippen molar-refractivity contribution in [2.45, 2.75) is 96.9 Å². The molecule has 2 N–H and O–H groups in total.